The lowest BCUT2D eigenvalue weighted by Gasteiger charge is -2.56. The van der Waals surface area contributed by atoms with Crippen LogP contribution < -0.4 is 0 Å². The fourth-order valence-electron chi connectivity index (χ4n) is 5.27. The number of rotatable bonds is 5. The van der Waals surface area contributed by atoms with E-state index in [0.29, 0.717) is 18.4 Å². The van der Waals surface area contributed by atoms with E-state index in [1.807, 2.05) is 97.9 Å². The van der Waals surface area contributed by atoms with E-state index in [4.69, 9.17) is 4.74 Å². The first kappa shape index (κ1) is 20.8. The summed E-state index contributed by atoms with van der Waals surface area (Å²) in [4.78, 5) is 0. The molecule has 0 spiro atoms. The van der Waals surface area contributed by atoms with Crippen LogP contribution in [0.25, 0.3) is 0 Å². The quantitative estimate of drug-likeness (QED) is 0.589. The third kappa shape index (κ3) is 3.27. The van der Waals surface area contributed by atoms with Gasteiger partial charge in [-0.1, -0.05) is 105 Å². The molecule has 0 amide bonds. The van der Waals surface area contributed by atoms with E-state index in [-0.39, 0.29) is 5.92 Å². The Balaban J connectivity index is 1.96. The molecule has 0 saturated carbocycles. The second-order valence-corrected chi connectivity index (χ2v) is 8.18. The monoisotopic (exact) mass is 402 g/mol. The summed E-state index contributed by atoms with van der Waals surface area (Å²) in [5, 5.41) is 24.5. The Bertz CT molecular complexity index is 944. The predicted molar refractivity (Wildman–Crippen MR) is 119 cm³/mol. The zero-order chi connectivity index (χ0) is 21.2. The zero-order valence-electron chi connectivity index (χ0n) is 17.6. The van der Waals surface area contributed by atoms with Gasteiger partial charge in [-0.15, -0.1) is 0 Å². The largest absolute Gasteiger partial charge is 0.384 e. The minimum absolute atomic E-state index is 0.212. The Morgan fingerprint density at radius 1 is 0.700 bits per heavy atom. The van der Waals surface area contributed by atoms with Crippen molar-refractivity contribution in [1.29, 1.82) is 0 Å². The van der Waals surface area contributed by atoms with E-state index in [0.717, 1.165) is 11.1 Å². The SMILES string of the molecule is CC[C@@H]1[C@](O)(c2ccccc2)[C@@H](CC)[C@@H](c2ccccc2)O[C@@]1(O)c1ccccc1. The maximum Gasteiger partial charge on any atom is 0.199 e. The number of hydrogen-bond donors (Lipinski definition) is 2. The molecule has 1 aliphatic rings. The highest BCUT2D eigenvalue weighted by Gasteiger charge is 2.61. The molecule has 30 heavy (non-hydrogen) atoms. The third-order valence-corrected chi connectivity index (χ3v) is 6.64. The molecule has 1 aliphatic heterocycles. The van der Waals surface area contributed by atoms with Crippen LogP contribution in [0.5, 0.6) is 0 Å². The molecule has 4 rings (SSSR count). The summed E-state index contributed by atoms with van der Waals surface area (Å²) in [5.41, 5.74) is 1.19. The first-order valence-electron chi connectivity index (χ1n) is 10.8. The Kier molecular flexibility index (Phi) is 5.79. The van der Waals surface area contributed by atoms with E-state index >= 15 is 0 Å². The second-order valence-electron chi connectivity index (χ2n) is 8.18. The smallest absolute Gasteiger partial charge is 0.199 e. The Hall–Kier alpha value is -2.46. The zero-order valence-corrected chi connectivity index (χ0v) is 17.6. The van der Waals surface area contributed by atoms with Gasteiger partial charge in [0.25, 0.3) is 0 Å². The van der Waals surface area contributed by atoms with E-state index in [1.54, 1.807) is 0 Å². The van der Waals surface area contributed by atoms with E-state index in [2.05, 4.69) is 6.92 Å². The normalized spacial score (nSPS) is 31.4. The highest BCUT2D eigenvalue weighted by Crippen LogP contribution is 2.59. The number of hydrogen-bond acceptors (Lipinski definition) is 3. The van der Waals surface area contributed by atoms with Crippen LogP contribution in [-0.2, 0) is 16.1 Å². The van der Waals surface area contributed by atoms with E-state index in [9.17, 15) is 10.2 Å². The average Bonchev–Trinajstić information content (AvgIpc) is 2.80. The van der Waals surface area contributed by atoms with Crippen LogP contribution in [0.3, 0.4) is 0 Å². The molecule has 5 atom stereocenters. The lowest BCUT2D eigenvalue weighted by atomic mass is 9.61. The maximum absolute atomic E-state index is 12.5. The molecular weight excluding hydrogens is 372 g/mol. The van der Waals surface area contributed by atoms with Gasteiger partial charge >= 0.3 is 0 Å². The molecule has 3 aromatic rings. The molecule has 1 fully saturated rings. The number of aliphatic hydroxyl groups is 2. The molecule has 3 nitrogen and oxygen atoms in total. The van der Waals surface area contributed by atoms with Crippen molar-refractivity contribution in [3.8, 4) is 0 Å². The van der Waals surface area contributed by atoms with Gasteiger partial charge < -0.3 is 14.9 Å². The first-order valence-corrected chi connectivity index (χ1v) is 10.8. The van der Waals surface area contributed by atoms with Crippen molar-refractivity contribution in [2.24, 2.45) is 11.8 Å². The second kappa shape index (κ2) is 8.35. The van der Waals surface area contributed by atoms with Crippen molar-refractivity contribution >= 4 is 0 Å². The van der Waals surface area contributed by atoms with Crippen LogP contribution >= 0.6 is 0 Å². The van der Waals surface area contributed by atoms with Gasteiger partial charge in [-0.2, -0.15) is 0 Å². The maximum atomic E-state index is 12.5. The molecule has 0 bridgehead atoms. The summed E-state index contributed by atoms with van der Waals surface area (Å²) in [7, 11) is 0. The highest BCUT2D eigenvalue weighted by atomic mass is 16.6. The van der Waals surface area contributed by atoms with Crippen molar-refractivity contribution in [2.45, 2.75) is 44.2 Å². The highest BCUT2D eigenvalue weighted by molar-refractivity contribution is 5.33. The Labute approximate surface area is 179 Å². The molecule has 1 heterocycles. The van der Waals surface area contributed by atoms with E-state index < -0.39 is 23.4 Å². The van der Waals surface area contributed by atoms with Crippen LogP contribution in [0.4, 0.5) is 0 Å². The minimum Gasteiger partial charge on any atom is -0.384 e. The molecule has 156 valence electrons. The van der Waals surface area contributed by atoms with Crippen molar-refractivity contribution in [2.75, 3.05) is 0 Å². The molecule has 0 aliphatic carbocycles. The summed E-state index contributed by atoms with van der Waals surface area (Å²) in [6, 6.07) is 29.2. The van der Waals surface area contributed by atoms with Gasteiger partial charge in [-0.3, -0.25) is 0 Å². The van der Waals surface area contributed by atoms with Crippen LogP contribution in [0.15, 0.2) is 91.0 Å². The van der Waals surface area contributed by atoms with Gasteiger partial charge in [0.1, 0.15) is 5.60 Å². The van der Waals surface area contributed by atoms with Crippen molar-refractivity contribution in [3.05, 3.63) is 108 Å². The van der Waals surface area contributed by atoms with Crippen LogP contribution in [0, 0.1) is 11.8 Å². The summed E-state index contributed by atoms with van der Waals surface area (Å²) < 4.78 is 6.57. The van der Waals surface area contributed by atoms with Gasteiger partial charge in [0, 0.05) is 11.5 Å². The fraction of sp³-hybridized carbons (Fsp3) is 0.333. The van der Waals surface area contributed by atoms with Gasteiger partial charge in [0.05, 0.1) is 12.0 Å². The summed E-state index contributed by atoms with van der Waals surface area (Å²) in [6.07, 6.45) is 0.829. The summed E-state index contributed by atoms with van der Waals surface area (Å²) in [5.74, 6) is -2.36. The van der Waals surface area contributed by atoms with E-state index in [1.165, 1.54) is 0 Å². The predicted octanol–water partition coefficient (Wildman–Crippen LogP) is 5.54. The molecule has 0 radical (unpaired) electrons. The molecule has 0 aromatic heterocycles. The number of ether oxygens (including phenoxy) is 1. The topological polar surface area (TPSA) is 49.7 Å². The molecule has 1 saturated heterocycles. The van der Waals surface area contributed by atoms with Gasteiger partial charge in [-0.05, 0) is 24.0 Å². The van der Waals surface area contributed by atoms with Crippen molar-refractivity contribution in [1.82, 2.24) is 0 Å². The Morgan fingerprint density at radius 3 is 1.70 bits per heavy atom. The van der Waals surface area contributed by atoms with Gasteiger partial charge in [0.2, 0.25) is 0 Å². The summed E-state index contributed by atoms with van der Waals surface area (Å²) >= 11 is 0. The molecule has 3 aromatic carbocycles. The third-order valence-electron chi connectivity index (χ3n) is 6.64. The molecule has 0 unspecified atom stereocenters. The van der Waals surface area contributed by atoms with Crippen LogP contribution in [0.1, 0.15) is 49.5 Å². The molecule has 3 heteroatoms. The lowest BCUT2D eigenvalue weighted by Crippen LogP contribution is -2.59. The van der Waals surface area contributed by atoms with Gasteiger partial charge in [0.15, 0.2) is 5.79 Å². The summed E-state index contributed by atoms with van der Waals surface area (Å²) in [6.45, 7) is 4.09. The minimum atomic E-state index is -1.62. The molecular formula is C27H30O3. The van der Waals surface area contributed by atoms with Gasteiger partial charge in [-0.25, -0.2) is 0 Å². The van der Waals surface area contributed by atoms with Crippen molar-refractivity contribution in [3.63, 3.8) is 0 Å². The lowest BCUT2D eigenvalue weighted by molar-refractivity contribution is -0.366. The van der Waals surface area contributed by atoms with Crippen molar-refractivity contribution < 1.29 is 14.9 Å². The standard InChI is InChI=1S/C27H30O3/c1-3-23-25(20-14-8-5-9-15-20)30-27(29,22-18-12-7-13-19-22)24(4-2)26(23,28)21-16-10-6-11-17-21/h5-19,23-25,28-29H,3-4H2,1-2H3/t23-,24+,25+,26-,27-/m0/s1. The van der Waals surface area contributed by atoms with Crippen LogP contribution in [0.2, 0.25) is 0 Å². The van der Waals surface area contributed by atoms with Crippen LogP contribution in [-0.4, -0.2) is 10.2 Å². The Morgan fingerprint density at radius 2 is 1.20 bits per heavy atom. The number of benzene rings is 3. The molecule has 2 N–H and O–H groups in total. The average molecular weight is 403 g/mol. The fourth-order valence-corrected chi connectivity index (χ4v) is 5.27. The first-order chi connectivity index (χ1) is 14.6.